The highest BCUT2D eigenvalue weighted by Gasteiger charge is 2.23. The van der Waals surface area contributed by atoms with Crippen molar-refractivity contribution in [2.24, 2.45) is 5.92 Å². The summed E-state index contributed by atoms with van der Waals surface area (Å²) in [4.78, 5) is 11.7. The third-order valence-electron chi connectivity index (χ3n) is 3.59. The normalized spacial score (nSPS) is 16.2. The van der Waals surface area contributed by atoms with Crippen molar-refractivity contribution in [3.63, 3.8) is 0 Å². The lowest BCUT2D eigenvalue weighted by Gasteiger charge is -2.18. The number of rotatable bonds is 5. The summed E-state index contributed by atoms with van der Waals surface area (Å²) in [5.74, 6) is 0.890. The Bertz CT molecular complexity index is 438. The molecule has 2 rings (SSSR count). The maximum Gasteiger partial charge on any atom is 0.251 e. The van der Waals surface area contributed by atoms with Gasteiger partial charge >= 0.3 is 0 Å². The average molecular weight is 246 g/mol. The smallest absolute Gasteiger partial charge is 0.251 e. The van der Waals surface area contributed by atoms with Crippen molar-refractivity contribution in [1.29, 1.82) is 0 Å². The van der Waals surface area contributed by atoms with Gasteiger partial charge in [0, 0.05) is 24.3 Å². The molecule has 0 saturated heterocycles. The van der Waals surface area contributed by atoms with Crippen molar-refractivity contribution in [2.75, 3.05) is 12.4 Å². The number of amides is 1. The van der Waals surface area contributed by atoms with Gasteiger partial charge in [0.1, 0.15) is 0 Å². The second kappa shape index (κ2) is 5.42. The second-order valence-corrected chi connectivity index (χ2v) is 5.28. The lowest BCUT2D eigenvalue weighted by Crippen LogP contribution is -2.21. The molecule has 1 aliphatic carbocycles. The Hall–Kier alpha value is -1.51. The Kier molecular flexibility index (Phi) is 3.90. The van der Waals surface area contributed by atoms with Crippen molar-refractivity contribution >= 4 is 11.6 Å². The summed E-state index contributed by atoms with van der Waals surface area (Å²) in [5, 5.41) is 6.20. The summed E-state index contributed by atoms with van der Waals surface area (Å²) in [6, 6.07) is 6.32. The summed E-state index contributed by atoms with van der Waals surface area (Å²) >= 11 is 0. The van der Waals surface area contributed by atoms with Gasteiger partial charge in [-0.3, -0.25) is 4.79 Å². The van der Waals surface area contributed by atoms with E-state index in [1.165, 1.54) is 19.3 Å². The number of anilines is 1. The molecule has 0 heterocycles. The zero-order valence-electron chi connectivity index (χ0n) is 11.4. The van der Waals surface area contributed by atoms with Crippen LogP contribution in [0.15, 0.2) is 18.2 Å². The molecule has 1 aromatic rings. The highest BCUT2D eigenvalue weighted by atomic mass is 16.1. The third kappa shape index (κ3) is 3.03. The van der Waals surface area contributed by atoms with Gasteiger partial charge in [-0.1, -0.05) is 18.9 Å². The highest BCUT2D eigenvalue weighted by Crippen LogP contribution is 2.34. The minimum absolute atomic E-state index is 0.0222. The first kappa shape index (κ1) is 12.9. The molecule has 1 fully saturated rings. The lowest BCUT2D eigenvalue weighted by atomic mass is 10.0. The van der Waals surface area contributed by atoms with Gasteiger partial charge in [0.25, 0.3) is 5.91 Å². The topological polar surface area (TPSA) is 41.1 Å². The minimum Gasteiger partial charge on any atom is -0.382 e. The van der Waals surface area contributed by atoms with E-state index in [4.69, 9.17) is 0 Å². The van der Waals surface area contributed by atoms with Crippen LogP contribution >= 0.6 is 0 Å². The van der Waals surface area contributed by atoms with Gasteiger partial charge in [-0.25, -0.2) is 0 Å². The van der Waals surface area contributed by atoms with Crippen LogP contribution in [0.25, 0.3) is 0 Å². The van der Waals surface area contributed by atoms with Crippen molar-refractivity contribution in [1.82, 2.24) is 5.32 Å². The van der Waals surface area contributed by atoms with Crippen LogP contribution in [-0.4, -0.2) is 19.0 Å². The molecule has 2 N–H and O–H groups in total. The van der Waals surface area contributed by atoms with Gasteiger partial charge in [-0.2, -0.15) is 0 Å². The van der Waals surface area contributed by atoms with Gasteiger partial charge in [-0.15, -0.1) is 0 Å². The zero-order chi connectivity index (χ0) is 13.1. The van der Waals surface area contributed by atoms with E-state index in [0.29, 0.717) is 6.04 Å². The molecule has 3 heteroatoms. The van der Waals surface area contributed by atoms with Crippen LogP contribution < -0.4 is 10.6 Å². The molecule has 0 bridgehead atoms. The van der Waals surface area contributed by atoms with Crippen molar-refractivity contribution in [3.8, 4) is 0 Å². The predicted octanol–water partition coefficient (Wildman–Crippen LogP) is 2.96. The Labute approximate surface area is 109 Å². The van der Waals surface area contributed by atoms with E-state index in [1.807, 2.05) is 25.1 Å². The SMILES string of the molecule is CNC(=O)c1cccc(NC(C)CC2CC2)c1C. The number of hydrogen-bond donors (Lipinski definition) is 2. The van der Waals surface area contributed by atoms with Gasteiger partial charge in [0.2, 0.25) is 0 Å². The Balaban J connectivity index is 2.09. The fourth-order valence-corrected chi connectivity index (χ4v) is 2.35. The van der Waals surface area contributed by atoms with E-state index in [0.717, 1.165) is 22.7 Å². The van der Waals surface area contributed by atoms with Crippen LogP contribution in [0.1, 0.15) is 42.1 Å². The average Bonchev–Trinajstić information content (AvgIpc) is 3.14. The maximum absolute atomic E-state index is 11.7. The molecule has 1 atom stereocenters. The molecule has 1 aliphatic rings. The summed E-state index contributed by atoms with van der Waals surface area (Å²) in [7, 11) is 1.66. The molecule has 0 spiro atoms. The molecular weight excluding hydrogens is 224 g/mol. The monoisotopic (exact) mass is 246 g/mol. The van der Waals surface area contributed by atoms with E-state index in [-0.39, 0.29) is 5.91 Å². The van der Waals surface area contributed by atoms with E-state index < -0.39 is 0 Å². The number of nitrogens with one attached hydrogen (secondary N) is 2. The van der Waals surface area contributed by atoms with E-state index in [2.05, 4.69) is 17.6 Å². The Morgan fingerprint density at radius 3 is 2.78 bits per heavy atom. The van der Waals surface area contributed by atoms with Gasteiger partial charge in [0.15, 0.2) is 0 Å². The van der Waals surface area contributed by atoms with Crippen LogP contribution in [0.2, 0.25) is 0 Å². The molecule has 1 aromatic carbocycles. The van der Waals surface area contributed by atoms with Crippen molar-refractivity contribution in [3.05, 3.63) is 29.3 Å². The summed E-state index contributed by atoms with van der Waals surface area (Å²) in [6.45, 7) is 4.21. The zero-order valence-corrected chi connectivity index (χ0v) is 11.4. The Morgan fingerprint density at radius 1 is 1.44 bits per heavy atom. The fraction of sp³-hybridized carbons (Fsp3) is 0.533. The first-order valence-corrected chi connectivity index (χ1v) is 6.70. The van der Waals surface area contributed by atoms with Crippen molar-refractivity contribution in [2.45, 2.75) is 39.2 Å². The molecule has 0 radical (unpaired) electrons. The summed E-state index contributed by atoms with van der Waals surface area (Å²) in [5.41, 5.74) is 2.85. The van der Waals surface area contributed by atoms with E-state index >= 15 is 0 Å². The van der Waals surface area contributed by atoms with Crippen LogP contribution in [0.5, 0.6) is 0 Å². The third-order valence-corrected chi connectivity index (χ3v) is 3.59. The maximum atomic E-state index is 11.7. The molecule has 18 heavy (non-hydrogen) atoms. The first-order valence-electron chi connectivity index (χ1n) is 6.70. The second-order valence-electron chi connectivity index (χ2n) is 5.28. The first-order chi connectivity index (χ1) is 8.61. The van der Waals surface area contributed by atoms with Crippen molar-refractivity contribution < 1.29 is 4.79 Å². The number of hydrogen-bond acceptors (Lipinski definition) is 2. The largest absolute Gasteiger partial charge is 0.382 e. The van der Waals surface area contributed by atoms with E-state index in [1.54, 1.807) is 7.05 Å². The number of carbonyl (C=O) groups excluding carboxylic acids is 1. The Morgan fingerprint density at radius 2 is 2.17 bits per heavy atom. The quantitative estimate of drug-likeness (QED) is 0.838. The van der Waals surface area contributed by atoms with E-state index in [9.17, 15) is 4.79 Å². The van der Waals surface area contributed by atoms with Crippen LogP contribution in [0, 0.1) is 12.8 Å². The molecule has 1 saturated carbocycles. The summed E-state index contributed by atoms with van der Waals surface area (Å²) in [6.07, 6.45) is 3.98. The minimum atomic E-state index is -0.0222. The van der Waals surface area contributed by atoms with Crippen LogP contribution in [-0.2, 0) is 0 Å². The molecule has 0 aliphatic heterocycles. The lowest BCUT2D eigenvalue weighted by molar-refractivity contribution is 0.0962. The fourth-order valence-electron chi connectivity index (χ4n) is 2.35. The van der Waals surface area contributed by atoms with Gasteiger partial charge in [-0.05, 0) is 43.9 Å². The molecule has 1 unspecified atom stereocenters. The van der Waals surface area contributed by atoms with Gasteiger partial charge in [0.05, 0.1) is 0 Å². The number of benzene rings is 1. The molecule has 0 aromatic heterocycles. The molecule has 3 nitrogen and oxygen atoms in total. The molecular formula is C15H22N2O. The number of carbonyl (C=O) groups is 1. The van der Waals surface area contributed by atoms with Gasteiger partial charge < -0.3 is 10.6 Å². The van der Waals surface area contributed by atoms with Crippen LogP contribution in [0.3, 0.4) is 0 Å². The summed E-state index contributed by atoms with van der Waals surface area (Å²) < 4.78 is 0. The van der Waals surface area contributed by atoms with Crippen LogP contribution in [0.4, 0.5) is 5.69 Å². The molecule has 1 amide bonds. The predicted molar refractivity (Wildman–Crippen MR) is 75.0 cm³/mol. The molecule has 98 valence electrons. The highest BCUT2D eigenvalue weighted by molar-refractivity contribution is 5.96. The standard InChI is InChI=1S/C15H22N2O/c1-10(9-12-7-8-12)17-14-6-4-5-13(11(14)2)15(18)16-3/h4-6,10,12,17H,7-9H2,1-3H3,(H,16,18).